The van der Waals surface area contributed by atoms with E-state index < -0.39 is 22.0 Å². The summed E-state index contributed by atoms with van der Waals surface area (Å²) in [5.74, 6) is -1.07. The van der Waals surface area contributed by atoms with Crippen molar-refractivity contribution in [1.29, 1.82) is 0 Å². The number of carbonyl (C=O) groups is 1. The molecule has 3 rings (SSSR count). The Morgan fingerprint density at radius 3 is 2.60 bits per heavy atom. The standard InChI is InChI=1S/C18H24N2O4S/c1-11(2)17(18(21)19-22)20-25(23,24)14-7-8-16-13(10-14)9-12-5-3-4-6-15(12)16/h7-8,10-11,17,20,22H,3-6,9H2,1-2H3,(H,19,21)/t17-/m0/s1. The Morgan fingerprint density at radius 2 is 1.92 bits per heavy atom. The topological polar surface area (TPSA) is 95.5 Å². The molecule has 0 saturated carbocycles. The minimum absolute atomic E-state index is 0.155. The number of hydroxylamine groups is 1. The summed E-state index contributed by atoms with van der Waals surface area (Å²) in [6.07, 6.45) is 5.37. The van der Waals surface area contributed by atoms with Crippen LogP contribution in [0.25, 0.3) is 5.57 Å². The van der Waals surface area contributed by atoms with Gasteiger partial charge in [-0.15, -0.1) is 0 Å². The minimum Gasteiger partial charge on any atom is -0.289 e. The zero-order valence-corrected chi connectivity index (χ0v) is 15.3. The van der Waals surface area contributed by atoms with Gasteiger partial charge in [-0.1, -0.05) is 25.5 Å². The van der Waals surface area contributed by atoms with Gasteiger partial charge in [0.25, 0.3) is 5.91 Å². The number of allylic oxidation sites excluding steroid dienone is 2. The number of hydrogen-bond donors (Lipinski definition) is 3. The van der Waals surface area contributed by atoms with Crippen LogP contribution >= 0.6 is 0 Å². The maximum atomic E-state index is 12.7. The van der Waals surface area contributed by atoms with E-state index in [1.807, 2.05) is 6.07 Å². The molecule has 1 aromatic carbocycles. The number of carbonyl (C=O) groups excluding carboxylic acids is 1. The lowest BCUT2D eigenvalue weighted by atomic mass is 9.92. The fourth-order valence-corrected chi connectivity index (χ4v) is 5.09. The molecule has 2 aliphatic rings. The van der Waals surface area contributed by atoms with Crippen molar-refractivity contribution in [2.24, 2.45) is 5.92 Å². The van der Waals surface area contributed by atoms with Gasteiger partial charge in [0.05, 0.1) is 4.90 Å². The van der Waals surface area contributed by atoms with E-state index in [1.54, 1.807) is 26.0 Å². The fourth-order valence-electron chi connectivity index (χ4n) is 3.69. The molecule has 25 heavy (non-hydrogen) atoms. The fraction of sp³-hybridized carbons (Fsp3) is 0.500. The van der Waals surface area contributed by atoms with E-state index in [-0.39, 0.29) is 10.8 Å². The van der Waals surface area contributed by atoms with Crippen LogP contribution in [-0.2, 0) is 21.2 Å². The van der Waals surface area contributed by atoms with Gasteiger partial charge in [-0.25, -0.2) is 13.9 Å². The van der Waals surface area contributed by atoms with Crippen molar-refractivity contribution in [2.45, 2.75) is 56.9 Å². The molecule has 0 saturated heterocycles. The van der Waals surface area contributed by atoms with Crippen LogP contribution in [0, 0.1) is 5.92 Å². The summed E-state index contributed by atoms with van der Waals surface area (Å²) < 4.78 is 27.8. The first-order chi connectivity index (χ1) is 11.8. The number of hydrogen-bond acceptors (Lipinski definition) is 4. The zero-order valence-electron chi connectivity index (χ0n) is 14.5. The molecule has 0 spiro atoms. The van der Waals surface area contributed by atoms with E-state index >= 15 is 0 Å². The molecule has 1 aromatic rings. The predicted molar refractivity (Wildman–Crippen MR) is 94.4 cm³/mol. The van der Waals surface area contributed by atoms with Crippen LogP contribution in [0.15, 0.2) is 28.7 Å². The molecule has 1 atom stereocenters. The third kappa shape index (κ3) is 3.49. The average Bonchev–Trinajstić information content (AvgIpc) is 2.96. The summed E-state index contributed by atoms with van der Waals surface area (Å²) in [4.78, 5) is 11.9. The molecule has 0 fully saturated rings. The Labute approximate surface area is 148 Å². The number of fused-ring (bicyclic) bond motifs is 2. The van der Waals surface area contributed by atoms with Gasteiger partial charge >= 0.3 is 0 Å². The van der Waals surface area contributed by atoms with E-state index in [9.17, 15) is 13.2 Å². The smallest absolute Gasteiger partial charge is 0.261 e. The summed E-state index contributed by atoms with van der Waals surface area (Å²) in [6, 6.07) is 4.16. The molecule has 0 unspecified atom stereocenters. The second kappa shape index (κ2) is 6.90. The predicted octanol–water partition coefficient (Wildman–Crippen LogP) is 2.38. The van der Waals surface area contributed by atoms with Crippen LogP contribution in [0.4, 0.5) is 0 Å². The molecular weight excluding hydrogens is 340 g/mol. The van der Waals surface area contributed by atoms with Gasteiger partial charge in [0.1, 0.15) is 6.04 Å². The Balaban J connectivity index is 1.87. The molecule has 0 aliphatic heterocycles. The quantitative estimate of drug-likeness (QED) is 0.552. The van der Waals surface area contributed by atoms with Crippen molar-refractivity contribution in [2.75, 3.05) is 0 Å². The van der Waals surface area contributed by atoms with Crippen molar-refractivity contribution in [3.63, 3.8) is 0 Å². The van der Waals surface area contributed by atoms with E-state index in [4.69, 9.17) is 5.21 Å². The van der Waals surface area contributed by atoms with Gasteiger partial charge in [-0.2, -0.15) is 4.72 Å². The lowest BCUT2D eigenvalue weighted by Gasteiger charge is -2.20. The van der Waals surface area contributed by atoms with Crippen LogP contribution in [0.2, 0.25) is 0 Å². The van der Waals surface area contributed by atoms with Gasteiger partial charge < -0.3 is 0 Å². The third-order valence-electron chi connectivity index (χ3n) is 5.04. The highest BCUT2D eigenvalue weighted by Gasteiger charge is 2.30. The third-order valence-corrected chi connectivity index (χ3v) is 6.48. The molecule has 136 valence electrons. The van der Waals surface area contributed by atoms with Crippen molar-refractivity contribution < 1.29 is 18.4 Å². The van der Waals surface area contributed by atoms with Crippen molar-refractivity contribution >= 4 is 21.5 Å². The van der Waals surface area contributed by atoms with Gasteiger partial charge in [0.15, 0.2) is 0 Å². The highest BCUT2D eigenvalue weighted by atomic mass is 32.2. The number of nitrogens with one attached hydrogen (secondary N) is 2. The monoisotopic (exact) mass is 364 g/mol. The normalized spacial score (nSPS) is 18.1. The highest BCUT2D eigenvalue weighted by Crippen LogP contribution is 2.42. The Kier molecular flexibility index (Phi) is 4.99. The first kappa shape index (κ1) is 18.1. The molecule has 2 aliphatic carbocycles. The Bertz CT molecular complexity index is 827. The highest BCUT2D eigenvalue weighted by molar-refractivity contribution is 7.89. The summed E-state index contributed by atoms with van der Waals surface area (Å²) in [5.41, 5.74) is 6.56. The maximum absolute atomic E-state index is 12.7. The number of amides is 1. The van der Waals surface area contributed by atoms with Crippen LogP contribution in [0.5, 0.6) is 0 Å². The van der Waals surface area contributed by atoms with Gasteiger partial charge in [-0.05, 0) is 66.9 Å². The molecule has 0 aromatic heterocycles. The summed E-state index contributed by atoms with van der Waals surface area (Å²) in [7, 11) is -3.85. The van der Waals surface area contributed by atoms with E-state index in [0.717, 1.165) is 24.8 Å². The minimum atomic E-state index is -3.85. The summed E-state index contributed by atoms with van der Waals surface area (Å²) >= 11 is 0. The summed E-state index contributed by atoms with van der Waals surface area (Å²) in [6.45, 7) is 3.42. The second-order valence-corrected chi connectivity index (χ2v) is 8.82. The molecule has 1 amide bonds. The van der Waals surface area contributed by atoms with E-state index in [2.05, 4.69) is 4.72 Å². The molecular formula is C18H24N2O4S. The zero-order chi connectivity index (χ0) is 18.2. The molecule has 0 bridgehead atoms. The van der Waals surface area contributed by atoms with E-state index in [0.29, 0.717) is 0 Å². The average molecular weight is 364 g/mol. The first-order valence-corrected chi connectivity index (χ1v) is 10.1. The maximum Gasteiger partial charge on any atom is 0.261 e. The molecule has 7 heteroatoms. The summed E-state index contributed by atoms with van der Waals surface area (Å²) in [5, 5.41) is 8.83. The molecule has 0 radical (unpaired) electrons. The number of sulfonamides is 1. The lowest BCUT2D eigenvalue weighted by molar-refractivity contribution is -0.131. The van der Waals surface area contributed by atoms with E-state index in [1.165, 1.54) is 35.0 Å². The Hall–Kier alpha value is -1.70. The van der Waals surface area contributed by atoms with Crippen LogP contribution in [-0.4, -0.2) is 25.6 Å². The molecule has 3 N–H and O–H groups in total. The van der Waals surface area contributed by atoms with Crippen LogP contribution in [0.1, 0.15) is 50.7 Å². The molecule has 0 heterocycles. The van der Waals surface area contributed by atoms with Gasteiger partial charge in [0, 0.05) is 0 Å². The largest absolute Gasteiger partial charge is 0.289 e. The van der Waals surface area contributed by atoms with Gasteiger partial charge in [0.2, 0.25) is 10.0 Å². The number of benzene rings is 1. The van der Waals surface area contributed by atoms with Crippen molar-refractivity contribution in [3.05, 3.63) is 34.9 Å². The first-order valence-electron chi connectivity index (χ1n) is 8.64. The van der Waals surface area contributed by atoms with Crippen molar-refractivity contribution in [3.8, 4) is 0 Å². The van der Waals surface area contributed by atoms with Crippen LogP contribution in [0.3, 0.4) is 0 Å². The Morgan fingerprint density at radius 1 is 1.20 bits per heavy atom. The SMILES string of the molecule is CC(C)[C@H](NS(=O)(=O)c1ccc2c(c1)CC1=C2CCCC1)C(=O)NO. The van der Waals surface area contributed by atoms with Crippen molar-refractivity contribution in [1.82, 2.24) is 10.2 Å². The van der Waals surface area contributed by atoms with Gasteiger partial charge in [-0.3, -0.25) is 10.0 Å². The lowest BCUT2D eigenvalue weighted by Crippen LogP contribution is -2.48. The molecule has 6 nitrogen and oxygen atoms in total. The number of rotatable bonds is 5. The second-order valence-electron chi connectivity index (χ2n) is 7.10. The van der Waals surface area contributed by atoms with Crippen LogP contribution < -0.4 is 10.2 Å².